The molecule has 1 aromatic heterocycles. The summed E-state index contributed by atoms with van der Waals surface area (Å²) in [5.74, 6) is 0.839. The van der Waals surface area contributed by atoms with Crippen molar-refractivity contribution < 1.29 is 0 Å². The fourth-order valence-corrected chi connectivity index (χ4v) is 2.21. The Balaban J connectivity index is 1.99. The van der Waals surface area contributed by atoms with Crippen molar-refractivity contribution in [2.75, 3.05) is 5.32 Å². The van der Waals surface area contributed by atoms with Crippen molar-refractivity contribution in [3.05, 3.63) is 23.9 Å². The Hall–Kier alpha value is -1.56. The second-order valence-corrected chi connectivity index (χ2v) is 4.35. The van der Waals surface area contributed by atoms with Crippen molar-refractivity contribution >= 4 is 5.82 Å². The van der Waals surface area contributed by atoms with E-state index in [-0.39, 0.29) is 0 Å². The van der Waals surface area contributed by atoms with Gasteiger partial charge < -0.3 is 5.32 Å². The zero-order valence-corrected chi connectivity index (χ0v) is 9.45. The number of aromatic nitrogens is 1. The van der Waals surface area contributed by atoms with Crippen LogP contribution < -0.4 is 5.32 Å². The lowest BCUT2D eigenvalue weighted by Gasteiger charge is -2.16. The number of nitriles is 1. The molecule has 84 valence electrons. The lowest BCUT2D eigenvalue weighted by Crippen LogP contribution is -2.19. The summed E-state index contributed by atoms with van der Waals surface area (Å²) >= 11 is 0. The molecule has 2 rings (SSSR count). The highest BCUT2D eigenvalue weighted by Gasteiger charge is 2.12. The number of nitrogens with zero attached hydrogens (tertiary/aromatic N) is 2. The Morgan fingerprint density at radius 3 is 2.62 bits per heavy atom. The third-order valence-electron chi connectivity index (χ3n) is 3.07. The Morgan fingerprint density at radius 1 is 1.19 bits per heavy atom. The van der Waals surface area contributed by atoms with Crippen LogP contribution in [0.5, 0.6) is 0 Å². The summed E-state index contributed by atoms with van der Waals surface area (Å²) in [4.78, 5) is 4.24. The molecular formula is C13H17N3. The monoisotopic (exact) mass is 215 g/mol. The van der Waals surface area contributed by atoms with E-state index >= 15 is 0 Å². The maximum atomic E-state index is 8.77. The number of hydrogen-bond acceptors (Lipinski definition) is 3. The predicted octanol–water partition coefficient (Wildman–Crippen LogP) is 3.09. The first kappa shape index (κ1) is 10.9. The highest BCUT2D eigenvalue weighted by molar-refractivity contribution is 5.39. The smallest absolute Gasteiger partial charge is 0.142 e. The summed E-state index contributed by atoms with van der Waals surface area (Å²) in [6.45, 7) is 0. The van der Waals surface area contributed by atoms with Crippen LogP contribution in [0.2, 0.25) is 0 Å². The van der Waals surface area contributed by atoms with Gasteiger partial charge in [0.2, 0.25) is 0 Å². The van der Waals surface area contributed by atoms with Gasteiger partial charge >= 0.3 is 0 Å². The number of rotatable bonds is 2. The van der Waals surface area contributed by atoms with Crippen LogP contribution in [0.15, 0.2) is 18.2 Å². The molecule has 0 amide bonds. The van der Waals surface area contributed by atoms with Gasteiger partial charge in [0.15, 0.2) is 0 Å². The molecule has 0 spiro atoms. The third-order valence-corrected chi connectivity index (χ3v) is 3.07. The van der Waals surface area contributed by atoms with Gasteiger partial charge in [0.05, 0.1) is 0 Å². The summed E-state index contributed by atoms with van der Waals surface area (Å²) in [6, 6.07) is 8.15. The maximum Gasteiger partial charge on any atom is 0.142 e. The van der Waals surface area contributed by atoms with Crippen molar-refractivity contribution in [3.8, 4) is 6.07 Å². The topological polar surface area (TPSA) is 48.7 Å². The van der Waals surface area contributed by atoms with Crippen molar-refractivity contribution in [3.63, 3.8) is 0 Å². The van der Waals surface area contributed by atoms with Crippen molar-refractivity contribution in [1.82, 2.24) is 4.98 Å². The Bertz CT molecular complexity index is 373. The van der Waals surface area contributed by atoms with Crippen molar-refractivity contribution in [1.29, 1.82) is 5.26 Å². The SMILES string of the molecule is N#Cc1cccc(NC2CCCCCC2)n1. The molecule has 1 fully saturated rings. The van der Waals surface area contributed by atoms with Gasteiger partial charge in [-0.25, -0.2) is 4.98 Å². The molecule has 1 aliphatic carbocycles. The van der Waals surface area contributed by atoms with Gasteiger partial charge in [-0.3, -0.25) is 0 Å². The molecule has 0 bridgehead atoms. The third kappa shape index (κ3) is 2.96. The van der Waals surface area contributed by atoms with Crippen LogP contribution in [0.4, 0.5) is 5.82 Å². The highest BCUT2D eigenvalue weighted by Crippen LogP contribution is 2.20. The summed E-state index contributed by atoms with van der Waals surface area (Å²) < 4.78 is 0. The molecule has 0 aromatic carbocycles. The first-order valence-electron chi connectivity index (χ1n) is 6.02. The first-order chi connectivity index (χ1) is 7.88. The summed E-state index contributed by atoms with van der Waals surface area (Å²) in [6.07, 6.45) is 7.75. The molecule has 0 unspecified atom stereocenters. The number of nitrogens with one attached hydrogen (secondary N) is 1. The fourth-order valence-electron chi connectivity index (χ4n) is 2.21. The van der Waals surface area contributed by atoms with E-state index in [1.165, 1.54) is 38.5 Å². The molecule has 1 N–H and O–H groups in total. The van der Waals surface area contributed by atoms with E-state index in [0.29, 0.717) is 11.7 Å². The first-order valence-corrected chi connectivity index (χ1v) is 6.02. The minimum absolute atomic E-state index is 0.485. The summed E-state index contributed by atoms with van der Waals surface area (Å²) in [5, 5.41) is 12.2. The van der Waals surface area contributed by atoms with Crippen LogP contribution in [0.25, 0.3) is 0 Å². The van der Waals surface area contributed by atoms with E-state index in [1.54, 1.807) is 6.07 Å². The van der Waals surface area contributed by atoms with Gasteiger partial charge in [-0.1, -0.05) is 31.7 Å². The van der Waals surface area contributed by atoms with E-state index in [2.05, 4.69) is 16.4 Å². The van der Waals surface area contributed by atoms with E-state index in [0.717, 1.165) is 5.82 Å². The van der Waals surface area contributed by atoms with Gasteiger partial charge in [-0.05, 0) is 25.0 Å². The second kappa shape index (κ2) is 5.50. The standard InChI is InChI=1S/C13H17N3/c14-10-12-8-5-9-13(16-12)15-11-6-3-1-2-4-7-11/h5,8-9,11H,1-4,6-7H2,(H,15,16). The Labute approximate surface area is 96.5 Å². The quantitative estimate of drug-likeness (QED) is 0.771. The van der Waals surface area contributed by atoms with E-state index in [9.17, 15) is 0 Å². The predicted molar refractivity (Wildman–Crippen MR) is 64.1 cm³/mol. The fraction of sp³-hybridized carbons (Fsp3) is 0.538. The van der Waals surface area contributed by atoms with Gasteiger partial charge in [0, 0.05) is 6.04 Å². The largest absolute Gasteiger partial charge is 0.367 e. The van der Waals surface area contributed by atoms with Crippen LogP contribution in [0.3, 0.4) is 0 Å². The molecule has 0 atom stereocenters. The van der Waals surface area contributed by atoms with Gasteiger partial charge in [-0.2, -0.15) is 5.26 Å². The van der Waals surface area contributed by atoms with Crippen LogP contribution in [0, 0.1) is 11.3 Å². The molecule has 0 saturated heterocycles. The van der Waals surface area contributed by atoms with Gasteiger partial charge in [-0.15, -0.1) is 0 Å². The maximum absolute atomic E-state index is 8.77. The van der Waals surface area contributed by atoms with Crippen molar-refractivity contribution in [2.45, 2.75) is 44.6 Å². The minimum atomic E-state index is 0.485. The van der Waals surface area contributed by atoms with Crippen LogP contribution >= 0.6 is 0 Å². The van der Waals surface area contributed by atoms with Crippen LogP contribution in [-0.2, 0) is 0 Å². The summed E-state index contributed by atoms with van der Waals surface area (Å²) in [5.41, 5.74) is 0.485. The highest BCUT2D eigenvalue weighted by atomic mass is 15.0. The van der Waals surface area contributed by atoms with Gasteiger partial charge in [0.25, 0.3) is 0 Å². The molecule has 1 saturated carbocycles. The van der Waals surface area contributed by atoms with E-state index < -0.39 is 0 Å². The van der Waals surface area contributed by atoms with Crippen LogP contribution in [-0.4, -0.2) is 11.0 Å². The van der Waals surface area contributed by atoms with E-state index in [4.69, 9.17) is 5.26 Å². The lowest BCUT2D eigenvalue weighted by atomic mass is 10.1. The molecule has 1 aromatic rings. The number of anilines is 1. The molecule has 0 aliphatic heterocycles. The zero-order valence-electron chi connectivity index (χ0n) is 9.45. The minimum Gasteiger partial charge on any atom is -0.367 e. The molecular weight excluding hydrogens is 198 g/mol. The molecule has 0 radical (unpaired) electrons. The van der Waals surface area contributed by atoms with Crippen molar-refractivity contribution in [2.24, 2.45) is 0 Å². The average molecular weight is 215 g/mol. The average Bonchev–Trinajstić information content (AvgIpc) is 2.58. The zero-order chi connectivity index (χ0) is 11.2. The molecule has 3 heteroatoms. The van der Waals surface area contributed by atoms with Crippen LogP contribution in [0.1, 0.15) is 44.2 Å². The number of hydrogen-bond donors (Lipinski definition) is 1. The second-order valence-electron chi connectivity index (χ2n) is 4.35. The molecule has 1 aliphatic rings. The van der Waals surface area contributed by atoms with Gasteiger partial charge in [0.1, 0.15) is 17.6 Å². The molecule has 16 heavy (non-hydrogen) atoms. The molecule has 1 heterocycles. The lowest BCUT2D eigenvalue weighted by molar-refractivity contribution is 0.617. The Morgan fingerprint density at radius 2 is 1.94 bits per heavy atom. The van der Waals surface area contributed by atoms with E-state index in [1.807, 2.05) is 12.1 Å². The molecule has 3 nitrogen and oxygen atoms in total. The Kier molecular flexibility index (Phi) is 3.76. The number of pyridine rings is 1. The summed E-state index contributed by atoms with van der Waals surface area (Å²) in [7, 11) is 0. The normalized spacial score (nSPS) is 17.4.